The van der Waals surface area contributed by atoms with E-state index in [9.17, 15) is 13.2 Å². The van der Waals surface area contributed by atoms with Crippen LogP contribution in [0.25, 0.3) is 11.1 Å². The van der Waals surface area contributed by atoms with Gasteiger partial charge in [0.25, 0.3) is 0 Å². The number of benzene rings is 1. The molecule has 0 saturated carbocycles. The maximum Gasteiger partial charge on any atom is 0.338 e. The van der Waals surface area contributed by atoms with E-state index in [1.807, 2.05) is 36.4 Å². The van der Waals surface area contributed by atoms with Gasteiger partial charge in [0.15, 0.2) is 0 Å². The van der Waals surface area contributed by atoms with E-state index in [1.165, 1.54) is 7.11 Å². The summed E-state index contributed by atoms with van der Waals surface area (Å²) >= 11 is 0. The van der Waals surface area contributed by atoms with Crippen molar-refractivity contribution in [2.75, 3.05) is 13.7 Å². The lowest BCUT2D eigenvalue weighted by Crippen LogP contribution is -2.24. The quantitative estimate of drug-likeness (QED) is 0.422. The van der Waals surface area contributed by atoms with Crippen molar-refractivity contribution >= 4 is 16.0 Å². The Morgan fingerprint density at radius 1 is 0.897 bits per heavy atom. The zero-order valence-corrected chi connectivity index (χ0v) is 17.2. The predicted molar refractivity (Wildman–Crippen MR) is 114 cm³/mol. The van der Waals surface area contributed by atoms with Crippen LogP contribution in [0, 0.1) is 0 Å². The van der Waals surface area contributed by atoms with E-state index in [0.717, 1.165) is 42.4 Å². The number of hydrogen-bond acceptors (Lipinski definition) is 4. The first-order chi connectivity index (χ1) is 14.0. The first-order valence-corrected chi connectivity index (χ1v) is 11.1. The number of carbonyl (C=O) groups excluding carboxylic acids is 1. The number of unbranched alkanes of at least 4 members (excludes halogenated alkanes) is 2. The summed E-state index contributed by atoms with van der Waals surface area (Å²) in [5, 5.41) is 0. The minimum Gasteiger partial charge on any atom is -0.465 e. The molecule has 0 bridgehead atoms. The van der Waals surface area contributed by atoms with Crippen molar-refractivity contribution in [3.8, 4) is 11.1 Å². The van der Waals surface area contributed by atoms with Gasteiger partial charge in [-0.1, -0.05) is 55.0 Å². The van der Waals surface area contributed by atoms with Crippen LogP contribution in [0.1, 0.15) is 35.2 Å². The van der Waals surface area contributed by atoms with E-state index in [0.29, 0.717) is 12.1 Å². The highest BCUT2D eigenvalue weighted by atomic mass is 32.2. The molecule has 152 valence electrons. The Balaban J connectivity index is 1.54. The van der Waals surface area contributed by atoms with Crippen LogP contribution in [0.2, 0.25) is 0 Å². The van der Waals surface area contributed by atoms with Crippen molar-refractivity contribution < 1.29 is 17.9 Å². The molecule has 0 heterocycles. The first-order valence-electron chi connectivity index (χ1n) is 9.66. The van der Waals surface area contributed by atoms with Crippen molar-refractivity contribution in [2.45, 2.75) is 30.6 Å². The summed E-state index contributed by atoms with van der Waals surface area (Å²) in [6.45, 7) is 0.404. The third kappa shape index (κ3) is 5.22. The van der Waals surface area contributed by atoms with Crippen molar-refractivity contribution in [2.24, 2.45) is 0 Å². The maximum absolute atomic E-state index is 12.2. The number of carbonyl (C=O) groups is 1. The van der Waals surface area contributed by atoms with E-state index in [2.05, 4.69) is 4.72 Å². The number of ether oxygens (including phenoxy) is 1. The van der Waals surface area contributed by atoms with Gasteiger partial charge in [-0.15, -0.1) is 0 Å². The number of aryl methyl sites for hydroxylation is 1. The number of nitrogens with one attached hydrogen (secondary N) is 1. The number of sulfonamides is 1. The Morgan fingerprint density at radius 2 is 1.55 bits per heavy atom. The molecular formula is C23H25NO4S. The van der Waals surface area contributed by atoms with Gasteiger partial charge in [-0.25, -0.2) is 17.9 Å². The van der Waals surface area contributed by atoms with Gasteiger partial charge in [0.2, 0.25) is 10.0 Å². The number of hydrogen-bond donors (Lipinski definition) is 1. The molecule has 1 aromatic carbocycles. The van der Waals surface area contributed by atoms with Gasteiger partial charge in [0.05, 0.1) is 17.6 Å². The summed E-state index contributed by atoms with van der Waals surface area (Å²) in [5.41, 5.74) is 3.65. The molecule has 0 fully saturated rings. The van der Waals surface area contributed by atoms with Crippen LogP contribution in [-0.4, -0.2) is 28.0 Å². The van der Waals surface area contributed by atoms with Gasteiger partial charge in [-0.2, -0.15) is 0 Å². The molecule has 0 atom stereocenters. The van der Waals surface area contributed by atoms with Gasteiger partial charge in [0.1, 0.15) is 0 Å². The fourth-order valence-corrected chi connectivity index (χ4v) is 4.48. The maximum atomic E-state index is 12.2. The summed E-state index contributed by atoms with van der Waals surface area (Å²) in [5.74, 6) is -0.331. The van der Waals surface area contributed by atoms with Crippen molar-refractivity contribution in [1.29, 1.82) is 0 Å². The topological polar surface area (TPSA) is 72.5 Å². The van der Waals surface area contributed by atoms with Gasteiger partial charge >= 0.3 is 5.97 Å². The van der Waals surface area contributed by atoms with Gasteiger partial charge in [-0.05, 0) is 54.2 Å². The normalized spacial score (nSPS) is 11.5. The van der Waals surface area contributed by atoms with Gasteiger partial charge in [0, 0.05) is 6.54 Å². The van der Waals surface area contributed by atoms with E-state index >= 15 is 0 Å². The lowest BCUT2D eigenvalue weighted by Gasteiger charge is -2.07. The molecule has 2 aliphatic rings. The largest absolute Gasteiger partial charge is 0.465 e. The summed E-state index contributed by atoms with van der Waals surface area (Å²) in [6, 6.07) is 20.1. The summed E-state index contributed by atoms with van der Waals surface area (Å²) < 4.78 is 32.0. The van der Waals surface area contributed by atoms with E-state index < -0.39 is 10.0 Å². The molecule has 1 N–H and O–H groups in total. The average Bonchev–Trinajstić information content (AvgIpc) is 2.90. The van der Waals surface area contributed by atoms with Gasteiger partial charge < -0.3 is 4.74 Å². The minimum atomic E-state index is -3.45. The third-order valence-corrected chi connectivity index (χ3v) is 6.34. The number of rotatable bonds is 9. The molecule has 5 nitrogen and oxygen atoms in total. The SMILES string of the molecule is COC(=O)c1cc(CCCCCNS(=O)(=O)c2ccccc2)c2cccccc1-2. The molecular weight excluding hydrogens is 386 g/mol. The zero-order valence-electron chi connectivity index (χ0n) is 16.4. The Labute approximate surface area is 172 Å². The number of fused-ring (bicyclic) bond motifs is 1. The van der Waals surface area contributed by atoms with Crippen LogP contribution in [-0.2, 0) is 21.2 Å². The fraction of sp³-hybridized carbons (Fsp3) is 0.261. The van der Waals surface area contributed by atoms with Crippen molar-refractivity contribution in [3.05, 3.63) is 77.9 Å². The Kier molecular flexibility index (Phi) is 7.01. The second-order valence-corrected chi connectivity index (χ2v) is 8.60. The van der Waals surface area contributed by atoms with Crippen molar-refractivity contribution in [3.63, 3.8) is 0 Å². The number of esters is 1. The Hall–Kier alpha value is -2.70. The van der Waals surface area contributed by atoms with Crippen LogP contribution >= 0.6 is 0 Å². The highest BCUT2D eigenvalue weighted by Gasteiger charge is 2.20. The molecule has 0 saturated heterocycles. The lowest BCUT2D eigenvalue weighted by atomic mass is 10.0. The second kappa shape index (κ2) is 9.67. The second-order valence-electron chi connectivity index (χ2n) is 6.83. The molecule has 3 rings (SSSR count). The molecule has 0 aromatic heterocycles. The third-order valence-electron chi connectivity index (χ3n) is 4.87. The van der Waals surface area contributed by atoms with Crippen LogP contribution in [0.5, 0.6) is 0 Å². The van der Waals surface area contributed by atoms with Crippen LogP contribution in [0.4, 0.5) is 0 Å². The van der Waals surface area contributed by atoms with E-state index in [-0.39, 0.29) is 10.9 Å². The van der Waals surface area contributed by atoms with Crippen molar-refractivity contribution in [1.82, 2.24) is 4.72 Å². The van der Waals surface area contributed by atoms with Crippen LogP contribution < -0.4 is 4.72 Å². The average molecular weight is 412 g/mol. The first kappa shape index (κ1) is 21.0. The standard InChI is InChI=1S/C23H25NO4S/c1-28-23(25)22-17-18(20-14-8-3-9-15-21(20)22)11-5-4-10-16-24-29(26,27)19-12-6-2-7-13-19/h2-3,6-9,12-15,17,24H,4-5,10-11,16H2,1H3. The molecule has 0 unspecified atom stereocenters. The zero-order chi connectivity index (χ0) is 20.7. The summed E-state index contributed by atoms with van der Waals surface area (Å²) in [4.78, 5) is 12.4. The minimum absolute atomic E-state index is 0.284. The molecule has 0 amide bonds. The smallest absolute Gasteiger partial charge is 0.338 e. The lowest BCUT2D eigenvalue weighted by molar-refractivity contribution is 0.0602. The highest BCUT2D eigenvalue weighted by Crippen LogP contribution is 2.33. The molecule has 29 heavy (non-hydrogen) atoms. The Bertz CT molecular complexity index is 1030. The fourth-order valence-electron chi connectivity index (χ4n) is 3.38. The predicted octanol–water partition coefficient (Wildman–Crippen LogP) is 4.27. The molecule has 2 aliphatic carbocycles. The molecule has 1 aromatic rings. The molecule has 6 heteroatoms. The number of methoxy groups -OCH3 is 1. The Morgan fingerprint density at radius 3 is 2.24 bits per heavy atom. The molecule has 0 spiro atoms. The van der Waals surface area contributed by atoms with Crippen LogP contribution in [0.3, 0.4) is 0 Å². The molecule has 0 radical (unpaired) electrons. The summed E-state index contributed by atoms with van der Waals surface area (Å²) in [6.07, 6.45) is 3.37. The summed E-state index contributed by atoms with van der Waals surface area (Å²) in [7, 11) is -2.06. The van der Waals surface area contributed by atoms with E-state index in [1.54, 1.807) is 30.3 Å². The van der Waals surface area contributed by atoms with Crippen LogP contribution in [0.15, 0.2) is 71.6 Å². The van der Waals surface area contributed by atoms with E-state index in [4.69, 9.17) is 4.74 Å². The monoisotopic (exact) mass is 411 g/mol. The van der Waals surface area contributed by atoms with Gasteiger partial charge in [-0.3, -0.25) is 0 Å². The molecule has 0 aliphatic heterocycles. The highest BCUT2D eigenvalue weighted by molar-refractivity contribution is 7.89.